The molecular formula is C47H89NO5. The second-order valence-electron chi connectivity index (χ2n) is 15.7. The van der Waals surface area contributed by atoms with Crippen LogP contribution in [0.25, 0.3) is 0 Å². The molecule has 2 unspecified atom stereocenters. The van der Waals surface area contributed by atoms with Crippen molar-refractivity contribution < 1.29 is 24.5 Å². The monoisotopic (exact) mass is 748 g/mol. The highest BCUT2D eigenvalue weighted by atomic mass is 16.5. The zero-order valence-electron chi connectivity index (χ0n) is 35.2. The van der Waals surface area contributed by atoms with Gasteiger partial charge in [-0.25, -0.2) is 0 Å². The summed E-state index contributed by atoms with van der Waals surface area (Å²) < 4.78 is 5.44. The Bertz CT molecular complexity index is 828. The molecule has 0 saturated heterocycles. The van der Waals surface area contributed by atoms with Gasteiger partial charge in [0.1, 0.15) is 0 Å². The molecule has 0 aliphatic rings. The maximum absolute atomic E-state index is 12.4. The Hall–Kier alpha value is -1.66. The van der Waals surface area contributed by atoms with Gasteiger partial charge in [0, 0.05) is 12.8 Å². The molecule has 6 heteroatoms. The maximum atomic E-state index is 12.4. The Morgan fingerprint density at radius 1 is 0.528 bits per heavy atom. The Labute approximate surface area is 329 Å². The third-order valence-corrected chi connectivity index (χ3v) is 10.5. The average Bonchev–Trinajstić information content (AvgIpc) is 3.16. The zero-order chi connectivity index (χ0) is 38.7. The SMILES string of the molecule is CCCCC/C=C\C/C=C\CCCCCCCC(=O)OCCCCCCCCCCCCC(=O)NC(CO)C(O)CCCCCCCCCCCCC. The van der Waals surface area contributed by atoms with Crippen LogP contribution in [0.15, 0.2) is 24.3 Å². The van der Waals surface area contributed by atoms with Crippen LogP contribution in [0.5, 0.6) is 0 Å². The molecule has 0 rings (SSSR count). The third-order valence-electron chi connectivity index (χ3n) is 10.5. The lowest BCUT2D eigenvalue weighted by molar-refractivity contribution is -0.143. The van der Waals surface area contributed by atoms with Crippen molar-refractivity contribution >= 4 is 11.9 Å². The van der Waals surface area contributed by atoms with Crippen LogP contribution in [0.2, 0.25) is 0 Å². The van der Waals surface area contributed by atoms with Crippen molar-refractivity contribution in [3.63, 3.8) is 0 Å². The number of nitrogens with one attached hydrogen (secondary N) is 1. The lowest BCUT2D eigenvalue weighted by Crippen LogP contribution is -2.45. The lowest BCUT2D eigenvalue weighted by atomic mass is 10.0. The number of unbranched alkanes of at least 4 members (excludes halogenated alkanes) is 27. The zero-order valence-corrected chi connectivity index (χ0v) is 35.2. The van der Waals surface area contributed by atoms with E-state index < -0.39 is 12.1 Å². The molecule has 0 aromatic heterocycles. The van der Waals surface area contributed by atoms with Gasteiger partial charge < -0.3 is 20.3 Å². The lowest BCUT2D eigenvalue weighted by Gasteiger charge is -2.22. The molecule has 0 spiro atoms. The van der Waals surface area contributed by atoms with Gasteiger partial charge in [0.05, 0.1) is 25.4 Å². The molecule has 312 valence electrons. The smallest absolute Gasteiger partial charge is 0.305 e. The van der Waals surface area contributed by atoms with E-state index in [-0.39, 0.29) is 18.5 Å². The summed E-state index contributed by atoms with van der Waals surface area (Å²) in [4.78, 5) is 24.4. The second kappa shape index (κ2) is 43.1. The first-order chi connectivity index (χ1) is 26.0. The number of rotatable bonds is 42. The quantitative estimate of drug-likeness (QED) is 0.0328. The molecule has 0 aromatic carbocycles. The summed E-state index contributed by atoms with van der Waals surface area (Å²) in [5, 5.41) is 23.1. The van der Waals surface area contributed by atoms with Gasteiger partial charge in [-0.2, -0.15) is 0 Å². The molecule has 6 nitrogen and oxygen atoms in total. The van der Waals surface area contributed by atoms with E-state index >= 15 is 0 Å². The molecule has 0 aliphatic carbocycles. The Kier molecular flexibility index (Phi) is 41.7. The summed E-state index contributed by atoms with van der Waals surface area (Å²) in [5.41, 5.74) is 0. The molecule has 0 radical (unpaired) electrons. The molecule has 0 aromatic rings. The Morgan fingerprint density at radius 3 is 1.47 bits per heavy atom. The predicted octanol–water partition coefficient (Wildman–Crippen LogP) is 13.2. The van der Waals surface area contributed by atoms with E-state index in [2.05, 4.69) is 43.5 Å². The standard InChI is InChI=1S/C47H89NO5/c1-3-5-7-9-11-13-15-16-17-18-20-25-29-33-37-41-47(52)53-42-38-34-30-26-22-21-24-28-32-36-40-46(51)48-44(43-49)45(50)39-35-31-27-23-19-14-12-10-8-6-4-2/h11,13,16-17,44-45,49-50H,3-10,12,14-15,18-43H2,1-2H3,(H,48,51)/b13-11-,17-16-. The normalized spacial score (nSPS) is 12.9. The molecular weight excluding hydrogens is 659 g/mol. The predicted molar refractivity (Wildman–Crippen MR) is 227 cm³/mol. The highest BCUT2D eigenvalue weighted by Gasteiger charge is 2.20. The fraction of sp³-hybridized carbons (Fsp3) is 0.872. The third kappa shape index (κ3) is 39.8. The summed E-state index contributed by atoms with van der Waals surface area (Å²) in [6.45, 7) is 4.85. The van der Waals surface area contributed by atoms with E-state index in [0.29, 0.717) is 25.9 Å². The number of esters is 1. The number of ether oxygens (including phenoxy) is 1. The second-order valence-corrected chi connectivity index (χ2v) is 15.7. The van der Waals surface area contributed by atoms with Crippen molar-refractivity contribution in [2.45, 2.75) is 251 Å². The van der Waals surface area contributed by atoms with E-state index in [1.54, 1.807) is 0 Å². The summed E-state index contributed by atoms with van der Waals surface area (Å²) in [6.07, 6.45) is 48.4. The van der Waals surface area contributed by atoms with Crippen molar-refractivity contribution in [2.24, 2.45) is 0 Å². The van der Waals surface area contributed by atoms with Crippen LogP contribution in [0.4, 0.5) is 0 Å². The summed E-state index contributed by atoms with van der Waals surface area (Å²) >= 11 is 0. The fourth-order valence-corrected chi connectivity index (χ4v) is 6.90. The van der Waals surface area contributed by atoms with E-state index in [0.717, 1.165) is 70.6 Å². The largest absolute Gasteiger partial charge is 0.466 e. The summed E-state index contributed by atoms with van der Waals surface area (Å²) in [6, 6.07) is -0.557. The van der Waals surface area contributed by atoms with Gasteiger partial charge in [0.15, 0.2) is 0 Å². The highest BCUT2D eigenvalue weighted by molar-refractivity contribution is 5.76. The summed E-state index contributed by atoms with van der Waals surface area (Å²) in [7, 11) is 0. The van der Waals surface area contributed by atoms with E-state index in [1.807, 2.05) is 0 Å². The Morgan fingerprint density at radius 2 is 0.943 bits per heavy atom. The van der Waals surface area contributed by atoms with Gasteiger partial charge in [0.25, 0.3) is 0 Å². The molecule has 0 saturated carbocycles. The molecule has 0 heterocycles. The number of amides is 1. The van der Waals surface area contributed by atoms with Gasteiger partial charge in [0.2, 0.25) is 5.91 Å². The number of hydrogen-bond donors (Lipinski definition) is 3. The number of aliphatic hydroxyl groups is 2. The van der Waals surface area contributed by atoms with Crippen molar-refractivity contribution in [3.05, 3.63) is 24.3 Å². The fourth-order valence-electron chi connectivity index (χ4n) is 6.90. The molecule has 1 amide bonds. The topological polar surface area (TPSA) is 95.9 Å². The molecule has 0 aliphatic heterocycles. The molecule has 2 atom stereocenters. The van der Waals surface area contributed by atoms with Gasteiger partial charge in [-0.1, -0.05) is 192 Å². The maximum Gasteiger partial charge on any atom is 0.305 e. The van der Waals surface area contributed by atoms with Crippen LogP contribution in [0.1, 0.15) is 239 Å². The number of carbonyl (C=O) groups excluding carboxylic acids is 2. The minimum absolute atomic E-state index is 0.0335. The molecule has 3 N–H and O–H groups in total. The average molecular weight is 748 g/mol. The summed E-state index contributed by atoms with van der Waals surface area (Å²) in [5.74, 6) is -0.0944. The number of aliphatic hydroxyl groups excluding tert-OH is 2. The van der Waals surface area contributed by atoms with Gasteiger partial charge in [-0.05, 0) is 57.8 Å². The van der Waals surface area contributed by atoms with E-state index in [1.165, 1.54) is 135 Å². The molecule has 53 heavy (non-hydrogen) atoms. The van der Waals surface area contributed by atoms with Crippen molar-refractivity contribution in [1.82, 2.24) is 5.32 Å². The molecule has 0 bridgehead atoms. The van der Waals surface area contributed by atoms with E-state index in [4.69, 9.17) is 4.74 Å². The van der Waals surface area contributed by atoms with E-state index in [9.17, 15) is 19.8 Å². The van der Waals surface area contributed by atoms with Crippen molar-refractivity contribution in [2.75, 3.05) is 13.2 Å². The van der Waals surface area contributed by atoms with Crippen LogP contribution < -0.4 is 5.32 Å². The van der Waals surface area contributed by atoms with Crippen LogP contribution in [0.3, 0.4) is 0 Å². The van der Waals surface area contributed by atoms with Crippen LogP contribution >= 0.6 is 0 Å². The van der Waals surface area contributed by atoms with Crippen LogP contribution in [-0.2, 0) is 14.3 Å². The van der Waals surface area contributed by atoms with Gasteiger partial charge in [-0.15, -0.1) is 0 Å². The first kappa shape index (κ1) is 51.3. The van der Waals surface area contributed by atoms with Gasteiger partial charge >= 0.3 is 5.97 Å². The van der Waals surface area contributed by atoms with Gasteiger partial charge in [-0.3, -0.25) is 9.59 Å². The van der Waals surface area contributed by atoms with Crippen LogP contribution in [-0.4, -0.2) is 47.4 Å². The number of carbonyl (C=O) groups is 2. The highest BCUT2D eigenvalue weighted by Crippen LogP contribution is 2.15. The minimum Gasteiger partial charge on any atom is -0.466 e. The Balaban J connectivity index is 3.49. The van der Waals surface area contributed by atoms with Crippen molar-refractivity contribution in [1.29, 1.82) is 0 Å². The van der Waals surface area contributed by atoms with Crippen molar-refractivity contribution in [3.8, 4) is 0 Å². The number of allylic oxidation sites excluding steroid dienone is 4. The minimum atomic E-state index is -0.678. The molecule has 0 fully saturated rings. The van der Waals surface area contributed by atoms with Crippen LogP contribution in [0, 0.1) is 0 Å². The number of hydrogen-bond acceptors (Lipinski definition) is 5. The first-order valence-electron chi connectivity index (χ1n) is 23.1. The first-order valence-corrected chi connectivity index (χ1v) is 23.1.